The van der Waals surface area contributed by atoms with E-state index < -0.39 is 31.1 Å². The van der Waals surface area contributed by atoms with Gasteiger partial charge in [-0.25, -0.2) is 4.67 Å². The van der Waals surface area contributed by atoms with Gasteiger partial charge in [0.05, 0.1) is 18.2 Å². The van der Waals surface area contributed by atoms with Crippen molar-refractivity contribution in [2.45, 2.75) is 31.1 Å². The minimum Gasteiger partial charge on any atom is -0.356 e. The quantitative estimate of drug-likeness (QED) is 0.210. The van der Waals surface area contributed by atoms with E-state index in [1.807, 2.05) is 54.6 Å². The lowest BCUT2D eigenvalue weighted by molar-refractivity contribution is -0.197. The van der Waals surface area contributed by atoms with Gasteiger partial charge in [0.1, 0.15) is 6.23 Å². The van der Waals surface area contributed by atoms with Crippen LogP contribution in [-0.4, -0.2) is 127 Å². The van der Waals surface area contributed by atoms with Crippen LogP contribution in [-0.2, 0) is 24.2 Å². The number of amides is 1. The Kier molecular flexibility index (Phi) is 11.8. The molecule has 6 rings (SSSR count). The molecule has 2 fully saturated rings. The second-order valence-corrected chi connectivity index (χ2v) is 16.4. The van der Waals surface area contributed by atoms with E-state index in [-0.39, 0.29) is 12.5 Å². The number of benzene rings is 3. The fourth-order valence-corrected chi connectivity index (χ4v) is 8.92. The average molecular weight is 723 g/mol. The van der Waals surface area contributed by atoms with E-state index in [0.717, 1.165) is 42.9 Å². The zero-order valence-corrected chi connectivity index (χ0v) is 30.6. The van der Waals surface area contributed by atoms with Crippen LogP contribution < -0.4 is 5.32 Å². The number of aliphatic hydroxyl groups is 1. The molecule has 3 aromatic carbocycles. The van der Waals surface area contributed by atoms with Crippen molar-refractivity contribution in [2.24, 2.45) is 0 Å². The van der Waals surface area contributed by atoms with Crippen LogP contribution in [0.15, 0.2) is 103 Å². The topological polar surface area (TPSA) is 101 Å². The molecule has 268 valence electrons. The van der Waals surface area contributed by atoms with Crippen LogP contribution in [0, 0.1) is 0 Å². The lowest BCUT2D eigenvalue weighted by atomic mass is 9.75. The number of aliphatic hydroxyl groups excluding tert-OH is 1. The highest BCUT2D eigenvalue weighted by molar-refractivity contribution is 7.83. The molecule has 3 aliphatic heterocycles. The first-order valence-electron chi connectivity index (χ1n) is 17.2. The molecule has 4 atom stereocenters. The van der Waals surface area contributed by atoms with Crippen LogP contribution in [0.2, 0.25) is 0 Å². The number of carbonyl (C=O) groups is 1. The summed E-state index contributed by atoms with van der Waals surface area (Å²) in [4.78, 5) is 20.9. The number of ether oxygens (including phenoxy) is 1. The Balaban J connectivity index is 1.34. The van der Waals surface area contributed by atoms with E-state index in [9.17, 15) is 14.5 Å². The molecule has 0 saturated carbocycles. The summed E-state index contributed by atoms with van der Waals surface area (Å²) in [7, 11) is 4.11. The van der Waals surface area contributed by atoms with Crippen LogP contribution in [0.5, 0.6) is 0 Å². The summed E-state index contributed by atoms with van der Waals surface area (Å²) in [6.07, 6.45) is -0.989. The smallest absolute Gasteiger partial charge is 0.356 e. The Morgan fingerprint density at radius 1 is 0.920 bits per heavy atom. The number of halogens is 1. The van der Waals surface area contributed by atoms with Crippen molar-refractivity contribution in [3.63, 3.8) is 0 Å². The summed E-state index contributed by atoms with van der Waals surface area (Å²) in [5.74, 6) is -0.349. The standard InChI is InChI=1S/C37H48ClN6O5P/c1-29-25-44(36(46)39-35(29)45)34-27-42(26-33(49-34)28-48-50(38,47)43-23-21-41(22-24-43)20-19-40(2)3)37(30-13-7-4-8-14-30,31-15-9-5-10-16-31)32-17-11-6-12-18-32/h4-18,25,33-34,36,46H,19-24,26-28H2,1-3H3,(H,39,45). The fraction of sp³-hybridized carbons (Fsp3) is 0.432. The normalized spacial score (nSPS) is 24.1. The molecule has 3 aromatic rings. The van der Waals surface area contributed by atoms with Crippen molar-refractivity contribution < 1.29 is 23.7 Å². The van der Waals surface area contributed by atoms with Crippen molar-refractivity contribution in [1.82, 2.24) is 29.6 Å². The fourth-order valence-electron chi connectivity index (χ4n) is 7.13. The number of piperazine rings is 1. The van der Waals surface area contributed by atoms with Gasteiger partial charge in [-0.05, 0) is 49.0 Å². The Labute approximate surface area is 300 Å². The highest BCUT2D eigenvalue weighted by atomic mass is 35.7. The van der Waals surface area contributed by atoms with Gasteiger partial charge in [0, 0.05) is 64.1 Å². The molecule has 2 saturated heterocycles. The molecule has 2 N–H and O–H groups in total. The van der Waals surface area contributed by atoms with Gasteiger partial charge >= 0.3 is 6.87 Å². The first-order valence-corrected chi connectivity index (χ1v) is 19.6. The number of likely N-dealkylation sites (N-methyl/N-ethyl adjacent to an activating group) is 1. The Hall–Kier alpha value is -3.09. The third-order valence-corrected chi connectivity index (χ3v) is 12.2. The summed E-state index contributed by atoms with van der Waals surface area (Å²) in [5, 5.41) is 13.7. The summed E-state index contributed by atoms with van der Waals surface area (Å²) >= 11 is 6.72. The van der Waals surface area contributed by atoms with Crippen molar-refractivity contribution in [3.05, 3.63) is 119 Å². The largest absolute Gasteiger partial charge is 0.363 e. The second kappa shape index (κ2) is 16.1. The molecule has 0 aromatic heterocycles. The van der Waals surface area contributed by atoms with E-state index in [0.29, 0.717) is 31.8 Å². The molecular formula is C37H48ClN6O5P. The predicted molar refractivity (Wildman–Crippen MR) is 195 cm³/mol. The summed E-state index contributed by atoms with van der Waals surface area (Å²) in [6.45, 7) is 3.18. The maximum atomic E-state index is 13.9. The maximum absolute atomic E-state index is 13.9. The molecule has 3 heterocycles. The van der Waals surface area contributed by atoms with E-state index in [1.54, 1.807) is 22.7 Å². The van der Waals surface area contributed by atoms with Crippen LogP contribution in [0.4, 0.5) is 0 Å². The third kappa shape index (κ3) is 8.02. The third-order valence-electron chi connectivity index (χ3n) is 9.74. The van der Waals surface area contributed by atoms with Gasteiger partial charge in [-0.3, -0.25) is 19.2 Å². The van der Waals surface area contributed by atoms with Gasteiger partial charge in [-0.1, -0.05) is 91.0 Å². The second-order valence-electron chi connectivity index (χ2n) is 13.4. The van der Waals surface area contributed by atoms with E-state index in [2.05, 4.69) is 70.5 Å². The molecule has 11 nitrogen and oxygen atoms in total. The van der Waals surface area contributed by atoms with Gasteiger partial charge in [-0.2, -0.15) is 0 Å². The molecule has 1 amide bonds. The molecule has 3 aliphatic rings. The molecule has 13 heteroatoms. The molecule has 0 spiro atoms. The molecular weight excluding hydrogens is 675 g/mol. The average Bonchev–Trinajstić information content (AvgIpc) is 3.13. The van der Waals surface area contributed by atoms with Crippen LogP contribution in [0.3, 0.4) is 0 Å². The maximum Gasteiger partial charge on any atom is 0.363 e. The van der Waals surface area contributed by atoms with E-state index >= 15 is 0 Å². The molecule has 0 radical (unpaired) electrons. The Morgan fingerprint density at radius 3 is 1.98 bits per heavy atom. The number of nitrogens with zero attached hydrogens (tertiary/aromatic N) is 5. The predicted octanol–water partition coefficient (Wildman–Crippen LogP) is 4.16. The zero-order chi connectivity index (χ0) is 35.3. The molecule has 0 aliphatic carbocycles. The van der Waals surface area contributed by atoms with Gasteiger partial charge in [0.25, 0.3) is 5.91 Å². The van der Waals surface area contributed by atoms with Crippen molar-refractivity contribution in [2.75, 3.05) is 73.1 Å². The molecule has 4 unspecified atom stereocenters. The Bertz CT molecular complexity index is 1550. The van der Waals surface area contributed by atoms with Gasteiger partial charge in [0.15, 0.2) is 0 Å². The minimum atomic E-state index is -3.68. The number of rotatable bonds is 12. The van der Waals surface area contributed by atoms with Gasteiger partial charge in [0.2, 0.25) is 6.35 Å². The van der Waals surface area contributed by atoms with Crippen molar-refractivity contribution >= 4 is 24.0 Å². The van der Waals surface area contributed by atoms with Crippen LogP contribution in [0.25, 0.3) is 0 Å². The van der Waals surface area contributed by atoms with Crippen LogP contribution in [0.1, 0.15) is 23.6 Å². The monoisotopic (exact) mass is 722 g/mol. The molecule has 50 heavy (non-hydrogen) atoms. The number of hydrogen-bond donors (Lipinski definition) is 2. The summed E-state index contributed by atoms with van der Waals surface area (Å²) in [6, 6.07) is 31.0. The Morgan fingerprint density at radius 2 is 1.46 bits per heavy atom. The van der Waals surface area contributed by atoms with Gasteiger partial charge in [-0.15, -0.1) is 0 Å². The number of nitrogens with one attached hydrogen (secondary N) is 1. The van der Waals surface area contributed by atoms with Crippen molar-refractivity contribution in [3.8, 4) is 0 Å². The van der Waals surface area contributed by atoms with E-state index in [1.165, 1.54) is 0 Å². The van der Waals surface area contributed by atoms with Crippen LogP contribution >= 0.6 is 18.1 Å². The number of morpholine rings is 1. The highest BCUT2D eigenvalue weighted by Crippen LogP contribution is 2.56. The SMILES string of the molecule is CC1=CN(C2CN(C(c3ccccc3)(c3ccccc3)c3ccccc3)CC(COP(=O)(Cl)N3CCN(CCN(C)C)CC3)O2)C(O)NC1=O. The van der Waals surface area contributed by atoms with Crippen molar-refractivity contribution in [1.29, 1.82) is 0 Å². The molecule has 0 bridgehead atoms. The van der Waals surface area contributed by atoms with Gasteiger partial charge < -0.3 is 29.5 Å². The lowest BCUT2D eigenvalue weighted by Crippen LogP contribution is -2.64. The minimum absolute atomic E-state index is 0.0396. The first kappa shape index (κ1) is 36.7. The number of carbonyl (C=O) groups excluding carboxylic acids is 1. The summed E-state index contributed by atoms with van der Waals surface area (Å²) < 4.78 is 28.4. The first-order chi connectivity index (χ1) is 24.1. The summed E-state index contributed by atoms with van der Waals surface area (Å²) in [5.41, 5.74) is 2.80. The number of hydrogen-bond acceptors (Lipinski definition) is 9. The highest BCUT2D eigenvalue weighted by Gasteiger charge is 2.48. The zero-order valence-electron chi connectivity index (χ0n) is 29.0. The van der Waals surface area contributed by atoms with E-state index in [4.69, 9.17) is 20.5 Å². The lowest BCUT2D eigenvalue weighted by Gasteiger charge is -2.52.